The second kappa shape index (κ2) is 5.85. The highest BCUT2D eigenvalue weighted by Crippen LogP contribution is 2.08. The Morgan fingerprint density at radius 1 is 1.39 bits per heavy atom. The number of aromatic nitrogens is 1. The summed E-state index contributed by atoms with van der Waals surface area (Å²) >= 11 is 0. The molecule has 7 heteroatoms. The highest BCUT2D eigenvalue weighted by atomic mass is 16.4. The number of aromatic hydroxyl groups is 1. The summed E-state index contributed by atoms with van der Waals surface area (Å²) in [6.45, 7) is 1.62. The van der Waals surface area contributed by atoms with E-state index in [1.54, 1.807) is 6.92 Å². The number of carboxylic acid groups (broad SMARTS) is 1. The Morgan fingerprint density at radius 2 is 2.06 bits per heavy atom. The van der Waals surface area contributed by atoms with Gasteiger partial charge in [-0.2, -0.15) is 0 Å². The maximum absolute atomic E-state index is 12.0. The van der Waals surface area contributed by atoms with Crippen molar-refractivity contribution in [2.45, 2.75) is 13.3 Å². The van der Waals surface area contributed by atoms with E-state index in [1.165, 1.54) is 0 Å². The van der Waals surface area contributed by atoms with Crippen molar-refractivity contribution in [1.29, 1.82) is 0 Å². The van der Waals surface area contributed by atoms with Crippen molar-refractivity contribution < 1.29 is 19.8 Å². The van der Waals surface area contributed by atoms with Gasteiger partial charge in [-0.1, -0.05) is 6.92 Å². The molecule has 0 aliphatic rings. The summed E-state index contributed by atoms with van der Waals surface area (Å²) in [5.41, 5.74) is -0.656. The van der Waals surface area contributed by atoms with Crippen LogP contribution in [0.1, 0.15) is 23.7 Å². The molecule has 18 heavy (non-hydrogen) atoms. The number of amides is 1. The minimum atomic E-state index is -1.13. The monoisotopic (exact) mass is 254 g/mol. The van der Waals surface area contributed by atoms with Gasteiger partial charge < -0.3 is 15.1 Å². The highest BCUT2D eigenvalue weighted by molar-refractivity contribution is 5.95. The Bertz CT molecular complexity index is 508. The predicted octanol–water partition coefficient (Wildman–Crippen LogP) is 0.0173. The molecule has 3 N–H and O–H groups in total. The van der Waals surface area contributed by atoms with Crippen LogP contribution in [-0.4, -0.2) is 45.1 Å². The summed E-state index contributed by atoms with van der Waals surface area (Å²) in [6, 6.07) is 2.11. The smallest absolute Gasteiger partial charge is 0.323 e. The highest BCUT2D eigenvalue weighted by Gasteiger charge is 2.18. The average Bonchev–Trinajstić information content (AvgIpc) is 2.25. The lowest BCUT2D eigenvalue weighted by Gasteiger charge is -2.19. The van der Waals surface area contributed by atoms with Gasteiger partial charge in [-0.25, -0.2) is 0 Å². The topological polar surface area (TPSA) is 111 Å². The molecule has 7 nitrogen and oxygen atoms in total. The second-order valence-electron chi connectivity index (χ2n) is 3.74. The van der Waals surface area contributed by atoms with E-state index < -0.39 is 29.9 Å². The lowest BCUT2D eigenvalue weighted by Crippen LogP contribution is -2.36. The molecule has 0 saturated heterocycles. The molecule has 0 aromatic carbocycles. The van der Waals surface area contributed by atoms with E-state index in [4.69, 9.17) is 5.11 Å². The molecule has 0 fully saturated rings. The van der Waals surface area contributed by atoms with Crippen molar-refractivity contribution in [1.82, 2.24) is 9.88 Å². The third-order valence-electron chi connectivity index (χ3n) is 2.18. The van der Waals surface area contributed by atoms with Crippen LogP contribution in [0.25, 0.3) is 0 Å². The SMILES string of the molecule is CCCN(CC(=O)O)C(=O)c1cc(O)[nH]c(=O)c1. The summed E-state index contributed by atoms with van der Waals surface area (Å²) in [6.07, 6.45) is 0.591. The first-order valence-corrected chi connectivity index (χ1v) is 5.38. The molecule has 1 rings (SSSR count). The van der Waals surface area contributed by atoms with E-state index in [1.807, 2.05) is 0 Å². The quantitative estimate of drug-likeness (QED) is 0.685. The van der Waals surface area contributed by atoms with Crippen LogP contribution in [0.4, 0.5) is 0 Å². The van der Waals surface area contributed by atoms with Gasteiger partial charge in [0.05, 0.1) is 5.56 Å². The number of pyridine rings is 1. The van der Waals surface area contributed by atoms with Gasteiger partial charge in [0.2, 0.25) is 0 Å². The van der Waals surface area contributed by atoms with Gasteiger partial charge in [-0.3, -0.25) is 19.4 Å². The molecule has 0 saturated carbocycles. The van der Waals surface area contributed by atoms with E-state index in [9.17, 15) is 19.5 Å². The second-order valence-corrected chi connectivity index (χ2v) is 3.74. The fourth-order valence-corrected chi connectivity index (χ4v) is 1.52. The van der Waals surface area contributed by atoms with Crippen molar-refractivity contribution in [2.75, 3.05) is 13.1 Å². The Hall–Kier alpha value is -2.31. The van der Waals surface area contributed by atoms with Gasteiger partial charge in [-0.05, 0) is 6.42 Å². The molecule has 0 spiro atoms. The average molecular weight is 254 g/mol. The van der Waals surface area contributed by atoms with Gasteiger partial charge >= 0.3 is 5.97 Å². The van der Waals surface area contributed by atoms with E-state index >= 15 is 0 Å². The molecule has 0 bridgehead atoms. The molecule has 1 aromatic heterocycles. The van der Waals surface area contributed by atoms with Crippen LogP contribution in [0.15, 0.2) is 16.9 Å². The fraction of sp³-hybridized carbons (Fsp3) is 0.364. The van der Waals surface area contributed by atoms with Crippen molar-refractivity contribution in [3.8, 4) is 5.88 Å². The molecule has 0 aliphatic heterocycles. The molecule has 1 aromatic rings. The molecule has 98 valence electrons. The maximum Gasteiger partial charge on any atom is 0.323 e. The number of hydrogen-bond donors (Lipinski definition) is 3. The van der Waals surface area contributed by atoms with Crippen molar-refractivity contribution in [2.24, 2.45) is 0 Å². The van der Waals surface area contributed by atoms with Crippen LogP contribution in [-0.2, 0) is 4.79 Å². The number of carbonyl (C=O) groups excluding carboxylic acids is 1. The normalized spacial score (nSPS) is 10.1. The molecule has 1 amide bonds. The minimum Gasteiger partial charge on any atom is -0.494 e. The van der Waals surface area contributed by atoms with Crippen LogP contribution in [0, 0.1) is 0 Å². The maximum atomic E-state index is 12.0. The molecule has 0 radical (unpaired) electrons. The number of nitrogens with one attached hydrogen (secondary N) is 1. The first-order chi connectivity index (χ1) is 8.43. The number of nitrogens with zero attached hydrogens (tertiary/aromatic N) is 1. The Labute approximate surface area is 103 Å². The zero-order valence-electron chi connectivity index (χ0n) is 9.84. The standard InChI is InChI=1S/C11H14N2O5/c1-2-3-13(6-10(16)17)11(18)7-4-8(14)12-9(15)5-7/h4-5H,2-3,6H2,1H3,(H,16,17)(H2,12,14,15). The van der Waals surface area contributed by atoms with E-state index in [2.05, 4.69) is 4.98 Å². The molecular weight excluding hydrogens is 240 g/mol. The van der Waals surface area contributed by atoms with Gasteiger partial charge in [0.1, 0.15) is 6.54 Å². The summed E-state index contributed by atoms with van der Waals surface area (Å²) in [5, 5.41) is 17.9. The number of hydrogen-bond acceptors (Lipinski definition) is 4. The Balaban J connectivity index is 3.00. The third kappa shape index (κ3) is 3.62. The van der Waals surface area contributed by atoms with Crippen LogP contribution >= 0.6 is 0 Å². The van der Waals surface area contributed by atoms with Gasteiger partial charge in [0.25, 0.3) is 11.5 Å². The number of H-pyrrole nitrogens is 1. The largest absolute Gasteiger partial charge is 0.494 e. The van der Waals surface area contributed by atoms with Gasteiger partial charge in [-0.15, -0.1) is 0 Å². The van der Waals surface area contributed by atoms with E-state index in [0.29, 0.717) is 6.42 Å². The lowest BCUT2D eigenvalue weighted by atomic mass is 10.2. The number of carboxylic acids is 1. The summed E-state index contributed by atoms with van der Waals surface area (Å²) in [5.74, 6) is -2.16. The van der Waals surface area contributed by atoms with Crippen molar-refractivity contribution >= 4 is 11.9 Å². The number of aromatic amines is 1. The minimum absolute atomic E-state index is 0.0362. The molecule has 0 aliphatic carbocycles. The Kier molecular flexibility index (Phi) is 4.47. The summed E-state index contributed by atoms with van der Waals surface area (Å²) in [4.78, 5) is 36.9. The zero-order valence-corrected chi connectivity index (χ0v) is 9.84. The number of rotatable bonds is 5. The third-order valence-corrected chi connectivity index (χ3v) is 2.18. The number of aliphatic carboxylic acids is 1. The van der Waals surface area contributed by atoms with Crippen LogP contribution in [0.3, 0.4) is 0 Å². The fourth-order valence-electron chi connectivity index (χ4n) is 1.52. The first kappa shape index (κ1) is 13.8. The molecule has 0 unspecified atom stereocenters. The Morgan fingerprint density at radius 3 is 2.56 bits per heavy atom. The molecule has 0 atom stereocenters. The molecule has 1 heterocycles. The van der Waals surface area contributed by atoms with Gasteiger partial charge in [0.15, 0.2) is 5.88 Å². The van der Waals surface area contributed by atoms with Crippen LogP contribution < -0.4 is 5.56 Å². The summed E-state index contributed by atoms with van der Waals surface area (Å²) in [7, 11) is 0. The van der Waals surface area contributed by atoms with Crippen LogP contribution in [0.2, 0.25) is 0 Å². The lowest BCUT2D eigenvalue weighted by molar-refractivity contribution is -0.137. The zero-order chi connectivity index (χ0) is 13.7. The van der Waals surface area contributed by atoms with Crippen molar-refractivity contribution in [3.05, 3.63) is 28.0 Å². The first-order valence-electron chi connectivity index (χ1n) is 5.38. The van der Waals surface area contributed by atoms with E-state index in [0.717, 1.165) is 17.0 Å². The summed E-state index contributed by atoms with van der Waals surface area (Å²) < 4.78 is 0. The van der Waals surface area contributed by atoms with E-state index in [-0.39, 0.29) is 12.1 Å². The van der Waals surface area contributed by atoms with Crippen molar-refractivity contribution in [3.63, 3.8) is 0 Å². The number of carbonyl (C=O) groups is 2. The van der Waals surface area contributed by atoms with Crippen LogP contribution in [0.5, 0.6) is 5.88 Å². The molecular formula is C11H14N2O5. The van der Waals surface area contributed by atoms with Gasteiger partial charge in [0, 0.05) is 18.7 Å². The predicted molar refractivity (Wildman–Crippen MR) is 62.6 cm³/mol.